The summed E-state index contributed by atoms with van der Waals surface area (Å²) in [5.74, 6) is -0.196. The first kappa shape index (κ1) is 12.1. The van der Waals surface area contributed by atoms with E-state index in [4.69, 9.17) is 5.73 Å². The van der Waals surface area contributed by atoms with Crippen LogP contribution in [-0.4, -0.2) is 29.9 Å². The van der Waals surface area contributed by atoms with Crippen molar-refractivity contribution in [3.05, 3.63) is 22.4 Å². The molecular weight excluding hydrogens is 238 g/mol. The normalized spacial score (nSPS) is 24.2. The number of rotatable bonds is 4. The van der Waals surface area contributed by atoms with Crippen molar-refractivity contribution in [2.75, 3.05) is 13.1 Å². The molecule has 1 aliphatic heterocycles. The van der Waals surface area contributed by atoms with Crippen molar-refractivity contribution in [1.29, 1.82) is 0 Å². The number of hydrogen-bond donors (Lipinski definition) is 2. The van der Waals surface area contributed by atoms with Crippen LogP contribution in [0.3, 0.4) is 0 Å². The summed E-state index contributed by atoms with van der Waals surface area (Å²) < 4.78 is 0. The van der Waals surface area contributed by atoms with Crippen LogP contribution in [0.25, 0.3) is 0 Å². The predicted octanol–water partition coefficient (Wildman–Crippen LogP) is 0.864. The molecule has 3 N–H and O–H groups in total. The van der Waals surface area contributed by atoms with Crippen molar-refractivity contribution in [2.45, 2.75) is 18.9 Å². The van der Waals surface area contributed by atoms with E-state index in [1.54, 1.807) is 6.92 Å². The summed E-state index contributed by atoms with van der Waals surface area (Å²) in [5.41, 5.74) is 4.48. The lowest BCUT2D eigenvalue weighted by Crippen LogP contribution is -2.40. The number of imide groups is 1. The van der Waals surface area contributed by atoms with Crippen LogP contribution in [0.2, 0.25) is 0 Å². The number of amides is 3. The van der Waals surface area contributed by atoms with E-state index in [2.05, 4.69) is 5.32 Å². The summed E-state index contributed by atoms with van der Waals surface area (Å²) in [6.07, 6.45) is 0.625. The number of nitrogens with one attached hydrogen (secondary N) is 1. The summed E-state index contributed by atoms with van der Waals surface area (Å²) in [6, 6.07) is 3.39. The molecule has 2 heterocycles. The van der Waals surface area contributed by atoms with E-state index < -0.39 is 5.54 Å². The van der Waals surface area contributed by atoms with Crippen LogP contribution in [0.15, 0.2) is 17.5 Å². The molecule has 92 valence electrons. The molecule has 0 saturated carbocycles. The first-order valence-corrected chi connectivity index (χ1v) is 6.35. The lowest BCUT2D eigenvalue weighted by Gasteiger charge is -2.19. The minimum absolute atomic E-state index is 0.196. The van der Waals surface area contributed by atoms with Gasteiger partial charge in [-0.05, 0) is 31.3 Å². The average molecular weight is 253 g/mol. The van der Waals surface area contributed by atoms with E-state index in [-0.39, 0.29) is 11.9 Å². The molecule has 0 aliphatic carbocycles. The monoisotopic (exact) mass is 253 g/mol. The highest BCUT2D eigenvalue weighted by Gasteiger charge is 2.49. The van der Waals surface area contributed by atoms with Crippen molar-refractivity contribution in [1.82, 2.24) is 10.2 Å². The molecule has 0 radical (unpaired) electrons. The lowest BCUT2D eigenvalue weighted by molar-refractivity contribution is -0.131. The van der Waals surface area contributed by atoms with E-state index in [9.17, 15) is 9.59 Å². The number of hydrogen-bond acceptors (Lipinski definition) is 4. The Balaban J connectivity index is 2.23. The molecule has 5 nitrogen and oxygen atoms in total. The molecule has 17 heavy (non-hydrogen) atoms. The van der Waals surface area contributed by atoms with Gasteiger partial charge in [0.2, 0.25) is 0 Å². The highest BCUT2D eigenvalue weighted by atomic mass is 32.1. The van der Waals surface area contributed by atoms with Crippen LogP contribution in [0.4, 0.5) is 4.79 Å². The number of nitrogens with zero attached hydrogens (tertiary/aromatic N) is 1. The Morgan fingerprint density at radius 2 is 2.29 bits per heavy atom. The number of urea groups is 1. The number of nitrogens with two attached hydrogens (primary N) is 1. The standard InChI is InChI=1S/C11H15N3O2S/c1-11(8-4-2-7-17-8)9(15)14(6-3-5-12)10(16)13-11/h2,4,7H,3,5-6,12H2,1H3,(H,13,16). The van der Waals surface area contributed by atoms with Crippen LogP contribution in [0, 0.1) is 0 Å². The Morgan fingerprint density at radius 1 is 1.53 bits per heavy atom. The maximum Gasteiger partial charge on any atom is 0.325 e. The number of carbonyl (C=O) groups is 2. The fraction of sp³-hybridized carbons (Fsp3) is 0.455. The van der Waals surface area contributed by atoms with Gasteiger partial charge in [0.1, 0.15) is 0 Å². The molecule has 3 amide bonds. The highest BCUT2D eigenvalue weighted by molar-refractivity contribution is 7.10. The third-order valence-electron chi connectivity index (χ3n) is 2.87. The third kappa shape index (κ3) is 1.94. The minimum Gasteiger partial charge on any atom is -0.330 e. The smallest absolute Gasteiger partial charge is 0.325 e. The van der Waals surface area contributed by atoms with Gasteiger partial charge in [0.25, 0.3) is 5.91 Å². The van der Waals surface area contributed by atoms with Crippen molar-refractivity contribution in [3.8, 4) is 0 Å². The molecule has 1 aromatic rings. The van der Waals surface area contributed by atoms with E-state index in [1.807, 2.05) is 17.5 Å². The number of thiophene rings is 1. The molecule has 1 saturated heterocycles. The number of carbonyl (C=O) groups excluding carboxylic acids is 2. The maximum absolute atomic E-state index is 12.3. The molecule has 0 aromatic carbocycles. The molecule has 2 rings (SSSR count). The van der Waals surface area contributed by atoms with Crippen molar-refractivity contribution in [3.63, 3.8) is 0 Å². The Bertz CT molecular complexity index is 432. The zero-order chi connectivity index (χ0) is 12.5. The van der Waals surface area contributed by atoms with Crippen molar-refractivity contribution >= 4 is 23.3 Å². The molecule has 1 unspecified atom stereocenters. The second kappa shape index (κ2) is 4.46. The Hall–Kier alpha value is -1.40. The SMILES string of the molecule is CC1(c2cccs2)NC(=O)N(CCCN)C1=O. The summed E-state index contributed by atoms with van der Waals surface area (Å²) in [4.78, 5) is 26.1. The Kier molecular flexibility index (Phi) is 3.17. The fourth-order valence-electron chi connectivity index (χ4n) is 1.88. The van der Waals surface area contributed by atoms with E-state index >= 15 is 0 Å². The summed E-state index contributed by atoms with van der Waals surface area (Å²) in [7, 11) is 0. The van der Waals surface area contributed by atoms with Gasteiger partial charge in [0.05, 0.1) is 0 Å². The second-order valence-corrected chi connectivity index (χ2v) is 5.08. The molecule has 1 aromatic heterocycles. The summed E-state index contributed by atoms with van der Waals surface area (Å²) >= 11 is 1.46. The van der Waals surface area contributed by atoms with E-state index in [0.29, 0.717) is 19.5 Å². The van der Waals surface area contributed by atoms with Gasteiger partial charge in [-0.25, -0.2) is 4.79 Å². The van der Waals surface area contributed by atoms with E-state index in [1.165, 1.54) is 16.2 Å². The Labute approximate surface area is 104 Å². The largest absolute Gasteiger partial charge is 0.330 e. The summed E-state index contributed by atoms with van der Waals surface area (Å²) in [5, 5.41) is 4.64. The van der Waals surface area contributed by atoms with Gasteiger partial charge in [-0.3, -0.25) is 9.69 Å². The highest BCUT2D eigenvalue weighted by Crippen LogP contribution is 2.31. The molecule has 1 fully saturated rings. The zero-order valence-electron chi connectivity index (χ0n) is 9.60. The molecule has 1 atom stereocenters. The van der Waals surface area contributed by atoms with Crippen LogP contribution in [0.1, 0.15) is 18.2 Å². The Morgan fingerprint density at radius 3 is 2.88 bits per heavy atom. The molecule has 1 aliphatic rings. The molecule has 0 spiro atoms. The minimum atomic E-state index is -0.917. The lowest BCUT2D eigenvalue weighted by atomic mass is 10.0. The topological polar surface area (TPSA) is 75.4 Å². The van der Waals surface area contributed by atoms with Gasteiger partial charge in [-0.2, -0.15) is 0 Å². The molecule has 6 heteroatoms. The first-order valence-electron chi connectivity index (χ1n) is 5.48. The van der Waals surface area contributed by atoms with Gasteiger partial charge >= 0.3 is 6.03 Å². The molecule has 0 bridgehead atoms. The summed E-state index contributed by atoms with van der Waals surface area (Å²) in [6.45, 7) is 2.58. The second-order valence-electron chi connectivity index (χ2n) is 4.13. The zero-order valence-corrected chi connectivity index (χ0v) is 10.4. The van der Waals surface area contributed by atoms with Gasteiger partial charge < -0.3 is 11.1 Å². The first-order chi connectivity index (χ1) is 8.09. The van der Waals surface area contributed by atoms with Gasteiger partial charge in [-0.15, -0.1) is 11.3 Å². The van der Waals surface area contributed by atoms with Gasteiger partial charge in [0, 0.05) is 11.4 Å². The van der Waals surface area contributed by atoms with Crippen LogP contribution < -0.4 is 11.1 Å². The van der Waals surface area contributed by atoms with E-state index in [0.717, 1.165) is 4.88 Å². The van der Waals surface area contributed by atoms with Crippen molar-refractivity contribution < 1.29 is 9.59 Å². The third-order valence-corrected chi connectivity index (χ3v) is 3.97. The predicted molar refractivity (Wildman–Crippen MR) is 65.6 cm³/mol. The average Bonchev–Trinajstić information content (AvgIpc) is 2.88. The van der Waals surface area contributed by atoms with Crippen LogP contribution in [-0.2, 0) is 10.3 Å². The quantitative estimate of drug-likeness (QED) is 0.782. The maximum atomic E-state index is 12.3. The van der Waals surface area contributed by atoms with Gasteiger partial charge in [0.15, 0.2) is 5.54 Å². The fourth-order valence-corrected chi connectivity index (χ4v) is 2.71. The van der Waals surface area contributed by atoms with Crippen LogP contribution >= 0.6 is 11.3 Å². The van der Waals surface area contributed by atoms with Crippen LogP contribution in [0.5, 0.6) is 0 Å². The van der Waals surface area contributed by atoms with Gasteiger partial charge in [-0.1, -0.05) is 6.07 Å². The van der Waals surface area contributed by atoms with Crippen molar-refractivity contribution in [2.24, 2.45) is 5.73 Å². The molecular formula is C11H15N3O2S.